The maximum atomic E-state index is 14.1. The minimum Gasteiger partial charge on any atom is -0.293 e. The number of hydrogen-bond donors (Lipinski definition) is 0. The molecule has 0 unspecified atom stereocenters. The molecule has 0 amide bonds. The first-order chi connectivity index (χ1) is 9.70. The molecular formula is C14H10Cl2FN3. The summed E-state index contributed by atoms with van der Waals surface area (Å²) in [5, 5.41) is 0.467. The van der Waals surface area contributed by atoms with Gasteiger partial charge in [-0.1, -0.05) is 11.6 Å². The van der Waals surface area contributed by atoms with E-state index in [4.69, 9.17) is 23.2 Å². The largest absolute Gasteiger partial charge is 0.293 e. The average Bonchev–Trinajstić information content (AvgIpc) is 2.80. The SMILES string of the molecule is Fc1ccc(Cl)cc1-n1c(CCCl)nc2cnccc21. The molecule has 2 aromatic heterocycles. The van der Waals surface area contributed by atoms with Gasteiger partial charge in [-0.15, -0.1) is 11.6 Å². The number of fused-ring (bicyclic) bond motifs is 1. The zero-order valence-electron chi connectivity index (χ0n) is 10.4. The van der Waals surface area contributed by atoms with E-state index in [0.29, 0.717) is 34.4 Å². The lowest BCUT2D eigenvalue weighted by atomic mass is 10.2. The van der Waals surface area contributed by atoms with Crippen molar-refractivity contribution in [1.82, 2.24) is 14.5 Å². The van der Waals surface area contributed by atoms with Crippen LogP contribution in [0.3, 0.4) is 0 Å². The van der Waals surface area contributed by atoms with Gasteiger partial charge < -0.3 is 0 Å². The van der Waals surface area contributed by atoms with Crippen molar-refractivity contribution in [3.63, 3.8) is 0 Å². The Hall–Kier alpha value is -1.65. The summed E-state index contributed by atoms with van der Waals surface area (Å²) in [4.78, 5) is 8.49. The summed E-state index contributed by atoms with van der Waals surface area (Å²) in [6, 6.07) is 6.23. The van der Waals surface area contributed by atoms with Crippen LogP contribution in [0.5, 0.6) is 0 Å². The van der Waals surface area contributed by atoms with Crippen LogP contribution in [0.1, 0.15) is 5.82 Å². The van der Waals surface area contributed by atoms with E-state index in [1.807, 2.05) is 0 Å². The number of benzene rings is 1. The molecule has 3 rings (SSSR count). The number of aryl methyl sites for hydroxylation is 1. The van der Waals surface area contributed by atoms with Gasteiger partial charge in [0.05, 0.1) is 17.4 Å². The quantitative estimate of drug-likeness (QED) is 0.685. The van der Waals surface area contributed by atoms with Crippen molar-refractivity contribution in [3.8, 4) is 5.69 Å². The molecule has 0 aliphatic carbocycles. The zero-order valence-corrected chi connectivity index (χ0v) is 11.9. The number of pyridine rings is 1. The number of hydrogen-bond acceptors (Lipinski definition) is 2. The van der Waals surface area contributed by atoms with Gasteiger partial charge in [-0.25, -0.2) is 9.37 Å². The third-order valence-electron chi connectivity index (χ3n) is 2.99. The van der Waals surface area contributed by atoms with E-state index >= 15 is 0 Å². The van der Waals surface area contributed by atoms with Gasteiger partial charge in [-0.05, 0) is 24.3 Å². The van der Waals surface area contributed by atoms with Crippen molar-refractivity contribution in [3.05, 3.63) is 53.3 Å². The lowest BCUT2D eigenvalue weighted by Gasteiger charge is -2.10. The summed E-state index contributed by atoms with van der Waals surface area (Å²) >= 11 is 11.8. The van der Waals surface area contributed by atoms with Gasteiger partial charge in [0.25, 0.3) is 0 Å². The van der Waals surface area contributed by atoms with Crippen molar-refractivity contribution < 1.29 is 4.39 Å². The van der Waals surface area contributed by atoms with Crippen molar-refractivity contribution >= 4 is 34.2 Å². The molecule has 2 heterocycles. The fraction of sp³-hybridized carbons (Fsp3) is 0.143. The molecule has 0 aliphatic rings. The monoisotopic (exact) mass is 309 g/mol. The van der Waals surface area contributed by atoms with Gasteiger partial charge in [0.15, 0.2) is 0 Å². The molecule has 3 nitrogen and oxygen atoms in total. The summed E-state index contributed by atoms with van der Waals surface area (Å²) in [6.07, 6.45) is 3.82. The Kier molecular flexibility index (Phi) is 3.59. The molecular weight excluding hydrogens is 300 g/mol. The number of alkyl halides is 1. The second kappa shape index (κ2) is 5.38. The normalized spacial score (nSPS) is 11.2. The van der Waals surface area contributed by atoms with Gasteiger partial charge in [0, 0.05) is 23.5 Å². The van der Waals surface area contributed by atoms with Crippen molar-refractivity contribution in [2.75, 3.05) is 5.88 Å². The second-order valence-corrected chi connectivity index (χ2v) is 5.08. The second-order valence-electron chi connectivity index (χ2n) is 4.26. The summed E-state index contributed by atoms with van der Waals surface area (Å²) < 4.78 is 15.9. The Balaban J connectivity index is 2.33. The van der Waals surface area contributed by atoms with Crippen LogP contribution >= 0.6 is 23.2 Å². The lowest BCUT2D eigenvalue weighted by Crippen LogP contribution is -2.04. The fourth-order valence-electron chi connectivity index (χ4n) is 2.16. The first-order valence-corrected chi connectivity index (χ1v) is 6.94. The van der Waals surface area contributed by atoms with Crippen molar-refractivity contribution in [2.45, 2.75) is 6.42 Å². The van der Waals surface area contributed by atoms with E-state index in [2.05, 4.69) is 9.97 Å². The van der Waals surface area contributed by atoms with Crippen LogP contribution in [0, 0.1) is 5.82 Å². The van der Waals surface area contributed by atoms with Gasteiger partial charge in [-0.3, -0.25) is 9.55 Å². The molecule has 0 radical (unpaired) electrons. The van der Waals surface area contributed by atoms with E-state index in [9.17, 15) is 4.39 Å². The molecule has 0 aliphatic heterocycles. The highest BCUT2D eigenvalue weighted by Crippen LogP contribution is 2.25. The molecule has 3 aromatic rings. The summed E-state index contributed by atoms with van der Waals surface area (Å²) in [7, 11) is 0. The minimum absolute atomic E-state index is 0.360. The number of halogens is 3. The fourth-order valence-corrected chi connectivity index (χ4v) is 2.50. The number of aromatic nitrogens is 3. The first kappa shape index (κ1) is 13.3. The smallest absolute Gasteiger partial charge is 0.147 e. The highest BCUT2D eigenvalue weighted by molar-refractivity contribution is 6.30. The molecule has 0 saturated carbocycles. The van der Waals surface area contributed by atoms with E-state index in [0.717, 1.165) is 5.52 Å². The highest BCUT2D eigenvalue weighted by Gasteiger charge is 2.15. The van der Waals surface area contributed by atoms with Crippen LogP contribution in [0.4, 0.5) is 4.39 Å². The standard InChI is InChI=1S/C14H10Cl2FN3/c15-5-3-14-19-11-8-18-6-4-12(11)20(14)13-7-9(16)1-2-10(13)17/h1-2,4,6-8H,3,5H2. The molecule has 20 heavy (non-hydrogen) atoms. The molecule has 0 bridgehead atoms. The van der Waals surface area contributed by atoms with Crippen LogP contribution in [-0.2, 0) is 6.42 Å². The van der Waals surface area contributed by atoms with Crippen LogP contribution in [0.25, 0.3) is 16.7 Å². The van der Waals surface area contributed by atoms with Crippen molar-refractivity contribution in [2.24, 2.45) is 0 Å². The van der Waals surface area contributed by atoms with Gasteiger partial charge >= 0.3 is 0 Å². The Labute approximate surface area is 125 Å². The Morgan fingerprint density at radius 2 is 2.10 bits per heavy atom. The predicted molar refractivity (Wildman–Crippen MR) is 78.3 cm³/mol. The van der Waals surface area contributed by atoms with Gasteiger partial charge in [0.1, 0.15) is 17.2 Å². The predicted octanol–water partition coefficient (Wildman–Crippen LogP) is 3.99. The van der Waals surface area contributed by atoms with Gasteiger partial charge in [-0.2, -0.15) is 0 Å². The van der Waals surface area contributed by atoms with Crippen LogP contribution in [0.2, 0.25) is 5.02 Å². The van der Waals surface area contributed by atoms with Crippen molar-refractivity contribution in [1.29, 1.82) is 0 Å². The topological polar surface area (TPSA) is 30.7 Å². The number of imidazole rings is 1. The Morgan fingerprint density at radius 3 is 2.90 bits per heavy atom. The molecule has 0 spiro atoms. The Morgan fingerprint density at radius 1 is 1.25 bits per heavy atom. The lowest BCUT2D eigenvalue weighted by molar-refractivity contribution is 0.617. The van der Waals surface area contributed by atoms with E-state index in [1.165, 1.54) is 12.1 Å². The zero-order chi connectivity index (χ0) is 14.1. The summed E-state index contributed by atoms with van der Waals surface area (Å²) in [5.41, 5.74) is 1.85. The molecule has 0 N–H and O–H groups in total. The maximum Gasteiger partial charge on any atom is 0.147 e. The van der Waals surface area contributed by atoms with Crippen LogP contribution in [0.15, 0.2) is 36.7 Å². The van der Waals surface area contributed by atoms with E-state index < -0.39 is 0 Å². The van der Waals surface area contributed by atoms with E-state index in [-0.39, 0.29) is 5.82 Å². The minimum atomic E-state index is -0.360. The molecule has 6 heteroatoms. The van der Waals surface area contributed by atoms with Gasteiger partial charge in [0.2, 0.25) is 0 Å². The molecule has 0 saturated heterocycles. The molecule has 0 atom stereocenters. The van der Waals surface area contributed by atoms with Crippen LogP contribution in [-0.4, -0.2) is 20.4 Å². The third-order valence-corrected chi connectivity index (χ3v) is 3.42. The van der Waals surface area contributed by atoms with E-state index in [1.54, 1.807) is 29.1 Å². The summed E-state index contributed by atoms with van der Waals surface area (Å²) in [6.45, 7) is 0. The maximum absolute atomic E-state index is 14.1. The summed E-state index contributed by atoms with van der Waals surface area (Å²) in [5.74, 6) is 0.726. The first-order valence-electron chi connectivity index (χ1n) is 6.03. The molecule has 1 aromatic carbocycles. The number of nitrogens with zero attached hydrogens (tertiary/aromatic N) is 3. The third kappa shape index (κ3) is 2.25. The number of rotatable bonds is 3. The molecule has 0 fully saturated rings. The Bertz CT molecular complexity index is 770. The highest BCUT2D eigenvalue weighted by atomic mass is 35.5. The molecule has 102 valence electrons. The van der Waals surface area contributed by atoms with Crippen LogP contribution < -0.4 is 0 Å². The average molecular weight is 310 g/mol.